The third kappa shape index (κ3) is 5.21. The SMILES string of the molecule is Cc1cc(Nc2ncnc3cccc(O[C@H](C)C(=O)N4CCOCC4)c23)ccc1Oc1cccnc1. The molecule has 0 saturated carbocycles. The molecule has 0 radical (unpaired) electrons. The minimum atomic E-state index is -0.659. The molecule has 3 heterocycles. The number of hydrogen-bond donors (Lipinski definition) is 1. The second-order valence-electron chi connectivity index (χ2n) is 8.47. The summed E-state index contributed by atoms with van der Waals surface area (Å²) in [5, 5.41) is 4.08. The van der Waals surface area contributed by atoms with E-state index in [-0.39, 0.29) is 5.91 Å². The van der Waals surface area contributed by atoms with Gasteiger partial charge in [0.25, 0.3) is 5.91 Å². The normalized spacial score (nSPS) is 14.3. The first-order chi connectivity index (χ1) is 17.6. The van der Waals surface area contributed by atoms with Crippen molar-refractivity contribution < 1.29 is 19.0 Å². The Balaban J connectivity index is 1.38. The summed E-state index contributed by atoms with van der Waals surface area (Å²) >= 11 is 0. The zero-order chi connectivity index (χ0) is 24.9. The van der Waals surface area contributed by atoms with Crippen molar-refractivity contribution in [2.24, 2.45) is 0 Å². The van der Waals surface area contributed by atoms with Crippen molar-refractivity contribution in [3.8, 4) is 17.2 Å². The van der Waals surface area contributed by atoms with Gasteiger partial charge in [0, 0.05) is 25.0 Å². The Morgan fingerprint density at radius 2 is 1.94 bits per heavy atom. The molecular formula is C27H27N5O4. The molecule has 1 aliphatic heterocycles. The summed E-state index contributed by atoms with van der Waals surface area (Å²) in [7, 11) is 0. The molecular weight excluding hydrogens is 458 g/mol. The molecule has 9 nitrogen and oxygen atoms in total. The lowest BCUT2D eigenvalue weighted by atomic mass is 10.1. The van der Waals surface area contributed by atoms with Gasteiger partial charge in [-0.05, 0) is 61.9 Å². The lowest BCUT2D eigenvalue weighted by Gasteiger charge is -2.29. The number of fused-ring (bicyclic) bond motifs is 1. The second-order valence-corrected chi connectivity index (χ2v) is 8.47. The van der Waals surface area contributed by atoms with E-state index in [4.69, 9.17) is 14.2 Å². The molecule has 1 atom stereocenters. The fraction of sp³-hybridized carbons (Fsp3) is 0.259. The third-order valence-electron chi connectivity index (χ3n) is 5.90. The molecule has 1 fully saturated rings. The number of amides is 1. The number of aryl methyl sites for hydroxylation is 1. The number of carbonyl (C=O) groups excluding carboxylic acids is 1. The molecule has 1 saturated heterocycles. The monoisotopic (exact) mass is 485 g/mol. The molecule has 0 bridgehead atoms. The van der Waals surface area contributed by atoms with Gasteiger partial charge in [0.15, 0.2) is 6.10 Å². The topological polar surface area (TPSA) is 98.7 Å². The number of aromatic nitrogens is 3. The van der Waals surface area contributed by atoms with Crippen molar-refractivity contribution in [2.75, 3.05) is 31.6 Å². The van der Waals surface area contributed by atoms with E-state index in [1.165, 1.54) is 6.33 Å². The van der Waals surface area contributed by atoms with Crippen LogP contribution in [0.3, 0.4) is 0 Å². The van der Waals surface area contributed by atoms with Crippen LogP contribution in [-0.2, 0) is 9.53 Å². The predicted octanol–water partition coefficient (Wildman–Crippen LogP) is 4.50. The average Bonchev–Trinajstić information content (AvgIpc) is 2.91. The first kappa shape index (κ1) is 23.5. The number of ether oxygens (including phenoxy) is 3. The number of benzene rings is 2. The van der Waals surface area contributed by atoms with Crippen molar-refractivity contribution >= 4 is 28.3 Å². The molecule has 0 aliphatic carbocycles. The van der Waals surface area contributed by atoms with Crippen LogP contribution in [0, 0.1) is 6.92 Å². The Hall–Kier alpha value is -4.24. The van der Waals surface area contributed by atoms with Crippen LogP contribution in [0.2, 0.25) is 0 Å². The van der Waals surface area contributed by atoms with Crippen molar-refractivity contribution in [1.29, 1.82) is 0 Å². The van der Waals surface area contributed by atoms with E-state index in [2.05, 4.69) is 20.3 Å². The van der Waals surface area contributed by atoms with Crippen LogP contribution in [0.1, 0.15) is 12.5 Å². The zero-order valence-electron chi connectivity index (χ0n) is 20.2. The Morgan fingerprint density at radius 3 is 2.72 bits per heavy atom. The predicted molar refractivity (Wildman–Crippen MR) is 136 cm³/mol. The molecule has 0 spiro atoms. The highest BCUT2D eigenvalue weighted by molar-refractivity contribution is 5.96. The third-order valence-corrected chi connectivity index (χ3v) is 5.90. The number of morpholine rings is 1. The zero-order valence-corrected chi connectivity index (χ0v) is 20.2. The molecule has 184 valence electrons. The van der Waals surface area contributed by atoms with Crippen LogP contribution >= 0.6 is 0 Å². The number of hydrogen-bond acceptors (Lipinski definition) is 8. The summed E-state index contributed by atoms with van der Waals surface area (Å²) in [6.45, 7) is 5.95. The van der Waals surface area contributed by atoms with Crippen molar-refractivity contribution in [1.82, 2.24) is 19.9 Å². The van der Waals surface area contributed by atoms with E-state index in [0.29, 0.717) is 54.5 Å². The fourth-order valence-corrected chi connectivity index (χ4v) is 4.07. The van der Waals surface area contributed by atoms with Gasteiger partial charge in [0.1, 0.15) is 29.4 Å². The number of nitrogens with one attached hydrogen (secondary N) is 1. The van der Waals surface area contributed by atoms with E-state index in [0.717, 1.165) is 17.0 Å². The first-order valence-corrected chi connectivity index (χ1v) is 11.8. The lowest BCUT2D eigenvalue weighted by Crippen LogP contribution is -2.46. The quantitative estimate of drug-likeness (QED) is 0.409. The highest BCUT2D eigenvalue weighted by atomic mass is 16.5. The molecule has 1 aliphatic rings. The molecule has 1 amide bonds. The minimum Gasteiger partial charge on any atom is -0.480 e. The fourth-order valence-electron chi connectivity index (χ4n) is 4.07. The molecule has 1 N–H and O–H groups in total. The summed E-state index contributed by atoms with van der Waals surface area (Å²) in [5.74, 6) is 2.47. The van der Waals surface area contributed by atoms with Gasteiger partial charge < -0.3 is 24.4 Å². The Bertz CT molecular complexity index is 1350. The maximum Gasteiger partial charge on any atom is 0.263 e. The van der Waals surface area contributed by atoms with Crippen molar-refractivity contribution in [3.63, 3.8) is 0 Å². The maximum atomic E-state index is 12.9. The summed E-state index contributed by atoms with van der Waals surface area (Å²) in [4.78, 5) is 27.6. The van der Waals surface area contributed by atoms with Gasteiger partial charge in [0.2, 0.25) is 0 Å². The molecule has 0 unspecified atom stereocenters. The van der Waals surface area contributed by atoms with Crippen LogP contribution in [0.25, 0.3) is 10.9 Å². The van der Waals surface area contributed by atoms with Crippen LogP contribution < -0.4 is 14.8 Å². The highest BCUT2D eigenvalue weighted by Gasteiger charge is 2.25. The summed E-state index contributed by atoms with van der Waals surface area (Å²) < 4.78 is 17.4. The largest absolute Gasteiger partial charge is 0.480 e. The molecule has 2 aromatic heterocycles. The van der Waals surface area contributed by atoms with Gasteiger partial charge >= 0.3 is 0 Å². The van der Waals surface area contributed by atoms with Crippen LogP contribution in [0.5, 0.6) is 17.2 Å². The van der Waals surface area contributed by atoms with E-state index in [9.17, 15) is 4.79 Å². The Labute approximate surface area is 209 Å². The van der Waals surface area contributed by atoms with Crippen molar-refractivity contribution in [3.05, 3.63) is 72.8 Å². The molecule has 5 rings (SSSR count). The molecule has 36 heavy (non-hydrogen) atoms. The first-order valence-electron chi connectivity index (χ1n) is 11.8. The molecule has 2 aromatic carbocycles. The van der Waals surface area contributed by atoms with Crippen LogP contribution in [-0.4, -0.2) is 58.2 Å². The minimum absolute atomic E-state index is 0.0681. The summed E-state index contributed by atoms with van der Waals surface area (Å²) in [6, 6.07) is 15.1. The smallest absolute Gasteiger partial charge is 0.263 e. The number of pyridine rings is 1. The standard InChI is InChI=1S/C27H27N5O4/c1-18-15-20(8-9-23(18)36-21-5-4-10-28-16-21)31-26-25-22(29-17-30-26)6-3-7-24(25)35-19(2)27(33)32-11-13-34-14-12-32/h3-10,15-17,19H,11-14H2,1-2H3,(H,29,30,31)/t19-/m1/s1. The van der Waals surface area contributed by atoms with Gasteiger partial charge in [-0.1, -0.05) is 6.07 Å². The summed E-state index contributed by atoms with van der Waals surface area (Å²) in [5.41, 5.74) is 2.49. The van der Waals surface area contributed by atoms with E-state index >= 15 is 0 Å². The Kier molecular flexibility index (Phi) is 6.90. The van der Waals surface area contributed by atoms with Crippen LogP contribution in [0.15, 0.2) is 67.3 Å². The molecule has 9 heteroatoms. The second kappa shape index (κ2) is 10.6. The van der Waals surface area contributed by atoms with E-state index in [1.54, 1.807) is 24.2 Å². The van der Waals surface area contributed by atoms with Crippen molar-refractivity contribution in [2.45, 2.75) is 20.0 Å². The summed E-state index contributed by atoms with van der Waals surface area (Å²) in [6.07, 6.45) is 4.22. The van der Waals surface area contributed by atoms with Crippen LogP contribution in [0.4, 0.5) is 11.5 Å². The van der Waals surface area contributed by atoms with E-state index in [1.807, 2.05) is 55.5 Å². The van der Waals surface area contributed by atoms with Gasteiger partial charge in [0.05, 0.1) is 30.3 Å². The molecule has 4 aromatic rings. The number of rotatable bonds is 7. The van der Waals surface area contributed by atoms with Gasteiger partial charge in [-0.3, -0.25) is 9.78 Å². The number of nitrogens with zero attached hydrogens (tertiary/aromatic N) is 4. The van der Waals surface area contributed by atoms with Gasteiger partial charge in [-0.15, -0.1) is 0 Å². The van der Waals surface area contributed by atoms with Gasteiger partial charge in [-0.2, -0.15) is 0 Å². The van der Waals surface area contributed by atoms with E-state index < -0.39 is 6.10 Å². The lowest BCUT2D eigenvalue weighted by molar-refractivity contribution is -0.142. The Morgan fingerprint density at radius 1 is 1.08 bits per heavy atom. The highest BCUT2D eigenvalue weighted by Crippen LogP contribution is 2.34. The average molecular weight is 486 g/mol. The van der Waals surface area contributed by atoms with Gasteiger partial charge in [-0.25, -0.2) is 9.97 Å². The maximum absolute atomic E-state index is 12.9. The number of carbonyl (C=O) groups is 1. The number of anilines is 2.